The fraction of sp³-hybridized carbons (Fsp3) is 0.857. The number of hydrogen-bond donors (Lipinski definition) is 2. The third-order valence-electron chi connectivity index (χ3n) is 2.94. The molecule has 0 atom stereocenters. The summed E-state index contributed by atoms with van der Waals surface area (Å²) in [7, 11) is 0. The Hall–Kier alpha value is -1.10. The summed E-state index contributed by atoms with van der Waals surface area (Å²) in [5.74, 6) is -0.817. The second-order valence-electron chi connectivity index (χ2n) is 4.83. The minimum atomic E-state index is -0.813. The largest absolute Gasteiger partial charge is 0.481 e. The zero-order valence-electron chi connectivity index (χ0n) is 12.3. The van der Waals surface area contributed by atoms with Gasteiger partial charge in [-0.3, -0.25) is 14.5 Å². The lowest BCUT2D eigenvalue weighted by Gasteiger charge is -2.20. The Kier molecular flexibility index (Phi) is 11.3. The molecule has 2 N–H and O–H groups in total. The van der Waals surface area contributed by atoms with Crippen LogP contribution in [0.5, 0.6) is 0 Å². The molecule has 0 rings (SSSR count). The van der Waals surface area contributed by atoms with Crippen molar-refractivity contribution in [1.82, 2.24) is 10.2 Å². The molecule has 0 aliphatic rings. The van der Waals surface area contributed by atoms with E-state index in [1.807, 2.05) is 4.90 Å². The second-order valence-corrected chi connectivity index (χ2v) is 4.83. The van der Waals surface area contributed by atoms with E-state index in [1.165, 1.54) is 0 Å². The van der Waals surface area contributed by atoms with Crippen LogP contribution in [0.15, 0.2) is 0 Å². The molecule has 0 saturated heterocycles. The molecule has 0 aliphatic heterocycles. The minimum Gasteiger partial charge on any atom is -0.481 e. The molecule has 0 bridgehead atoms. The van der Waals surface area contributed by atoms with Crippen molar-refractivity contribution in [2.75, 3.05) is 26.2 Å². The van der Waals surface area contributed by atoms with Crippen LogP contribution >= 0.6 is 0 Å². The normalized spacial score (nSPS) is 10.7. The van der Waals surface area contributed by atoms with Gasteiger partial charge in [0.1, 0.15) is 0 Å². The average Bonchev–Trinajstić information content (AvgIpc) is 2.36. The molecule has 0 fully saturated rings. The number of carbonyl (C=O) groups excluding carboxylic acids is 1. The lowest BCUT2D eigenvalue weighted by Crippen LogP contribution is -2.39. The van der Waals surface area contributed by atoms with E-state index in [-0.39, 0.29) is 12.3 Å². The third-order valence-corrected chi connectivity index (χ3v) is 2.94. The first kappa shape index (κ1) is 17.9. The van der Waals surface area contributed by atoms with Gasteiger partial charge in [0.25, 0.3) is 0 Å². The van der Waals surface area contributed by atoms with Gasteiger partial charge in [-0.25, -0.2) is 0 Å². The first-order chi connectivity index (χ1) is 9.10. The van der Waals surface area contributed by atoms with Crippen LogP contribution in [-0.4, -0.2) is 48.1 Å². The highest BCUT2D eigenvalue weighted by Crippen LogP contribution is 2.00. The van der Waals surface area contributed by atoms with Gasteiger partial charge in [-0.2, -0.15) is 0 Å². The molecule has 0 heterocycles. The van der Waals surface area contributed by atoms with Gasteiger partial charge < -0.3 is 10.4 Å². The van der Waals surface area contributed by atoms with Crippen LogP contribution in [0.3, 0.4) is 0 Å². The topological polar surface area (TPSA) is 69.6 Å². The first-order valence-corrected chi connectivity index (χ1v) is 7.31. The molecule has 5 nitrogen and oxygen atoms in total. The van der Waals surface area contributed by atoms with E-state index in [0.29, 0.717) is 19.6 Å². The van der Waals surface area contributed by atoms with E-state index in [4.69, 9.17) is 5.11 Å². The van der Waals surface area contributed by atoms with E-state index in [2.05, 4.69) is 19.2 Å². The summed E-state index contributed by atoms with van der Waals surface area (Å²) in [5, 5.41) is 11.6. The second kappa shape index (κ2) is 12.0. The molecule has 0 aromatic rings. The molecule has 0 unspecified atom stereocenters. The Morgan fingerprint density at radius 3 is 2.32 bits per heavy atom. The Morgan fingerprint density at radius 2 is 1.74 bits per heavy atom. The van der Waals surface area contributed by atoms with Gasteiger partial charge in [-0.15, -0.1) is 0 Å². The van der Waals surface area contributed by atoms with Gasteiger partial charge in [0.05, 0.1) is 13.0 Å². The monoisotopic (exact) mass is 272 g/mol. The Balaban J connectivity index is 4.00. The maximum absolute atomic E-state index is 11.7. The molecule has 0 radical (unpaired) electrons. The van der Waals surface area contributed by atoms with Crippen LogP contribution in [0.1, 0.15) is 52.4 Å². The van der Waals surface area contributed by atoms with Crippen molar-refractivity contribution in [2.24, 2.45) is 0 Å². The van der Waals surface area contributed by atoms with Crippen molar-refractivity contribution in [1.29, 1.82) is 0 Å². The average molecular weight is 272 g/mol. The summed E-state index contributed by atoms with van der Waals surface area (Å²) < 4.78 is 0. The number of amides is 1. The van der Waals surface area contributed by atoms with Crippen LogP contribution in [0.4, 0.5) is 0 Å². The smallest absolute Gasteiger partial charge is 0.304 e. The Bertz CT molecular complexity index is 257. The summed E-state index contributed by atoms with van der Waals surface area (Å²) in [6, 6.07) is 0. The molecule has 0 aromatic heterocycles. The van der Waals surface area contributed by atoms with Crippen molar-refractivity contribution in [3.63, 3.8) is 0 Å². The number of aliphatic carboxylic acids is 1. The molecule has 0 saturated carbocycles. The van der Waals surface area contributed by atoms with E-state index in [9.17, 15) is 9.59 Å². The quantitative estimate of drug-likeness (QED) is 0.532. The Labute approximate surface area is 116 Å². The van der Waals surface area contributed by atoms with E-state index >= 15 is 0 Å². The summed E-state index contributed by atoms with van der Waals surface area (Å²) in [4.78, 5) is 24.2. The molecule has 0 spiro atoms. The number of carbonyl (C=O) groups is 2. The molecule has 5 heteroatoms. The third kappa shape index (κ3) is 11.7. The molecule has 0 aromatic carbocycles. The number of rotatable bonds is 12. The highest BCUT2D eigenvalue weighted by molar-refractivity contribution is 5.78. The molecule has 112 valence electrons. The summed E-state index contributed by atoms with van der Waals surface area (Å²) in [6.07, 6.45) is 5.37. The maximum Gasteiger partial charge on any atom is 0.304 e. The number of unbranched alkanes of at least 4 members (excludes halogenated alkanes) is 3. The predicted octanol–water partition coefficient (Wildman–Crippen LogP) is 1.87. The highest BCUT2D eigenvalue weighted by atomic mass is 16.4. The number of hydrogen-bond acceptors (Lipinski definition) is 3. The highest BCUT2D eigenvalue weighted by Gasteiger charge is 2.11. The fourth-order valence-corrected chi connectivity index (χ4v) is 1.77. The van der Waals surface area contributed by atoms with E-state index in [0.717, 1.165) is 38.6 Å². The molecule has 0 aliphatic carbocycles. The lowest BCUT2D eigenvalue weighted by molar-refractivity contribution is -0.137. The van der Waals surface area contributed by atoms with Crippen LogP contribution in [-0.2, 0) is 9.59 Å². The van der Waals surface area contributed by atoms with E-state index < -0.39 is 5.97 Å². The molecular formula is C14H28N2O3. The summed E-state index contributed by atoms with van der Waals surface area (Å²) in [5.41, 5.74) is 0. The van der Waals surface area contributed by atoms with Crippen LogP contribution in [0.2, 0.25) is 0 Å². The minimum absolute atomic E-state index is 0.00432. The van der Waals surface area contributed by atoms with Gasteiger partial charge in [0.15, 0.2) is 0 Å². The number of carboxylic acid groups (broad SMARTS) is 1. The van der Waals surface area contributed by atoms with Gasteiger partial charge in [0.2, 0.25) is 5.91 Å². The zero-order chi connectivity index (χ0) is 14.5. The van der Waals surface area contributed by atoms with Crippen LogP contribution < -0.4 is 5.32 Å². The van der Waals surface area contributed by atoms with E-state index in [1.54, 1.807) is 0 Å². The van der Waals surface area contributed by atoms with Crippen LogP contribution in [0.25, 0.3) is 0 Å². The van der Waals surface area contributed by atoms with Crippen molar-refractivity contribution in [3.05, 3.63) is 0 Å². The molecular weight excluding hydrogens is 244 g/mol. The van der Waals surface area contributed by atoms with Crippen molar-refractivity contribution >= 4 is 11.9 Å². The van der Waals surface area contributed by atoms with Gasteiger partial charge in [0, 0.05) is 13.1 Å². The summed E-state index contributed by atoms with van der Waals surface area (Å²) >= 11 is 0. The summed E-state index contributed by atoms with van der Waals surface area (Å²) in [6.45, 7) is 6.45. The number of nitrogens with one attached hydrogen (secondary N) is 1. The number of nitrogens with zero attached hydrogens (tertiary/aromatic N) is 1. The fourth-order valence-electron chi connectivity index (χ4n) is 1.77. The molecule has 19 heavy (non-hydrogen) atoms. The maximum atomic E-state index is 11.7. The van der Waals surface area contributed by atoms with Gasteiger partial charge >= 0.3 is 5.97 Å². The number of carboxylic acids is 1. The van der Waals surface area contributed by atoms with Crippen molar-refractivity contribution < 1.29 is 14.7 Å². The SMILES string of the molecule is CCCCCN(CCC(=O)O)CC(=O)NCCCC. The first-order valence-electron chi connectivity index (χ1n) is 7.31. The Morgan fingerprint density at radius 1 is 1.05 bits per heavy atom. The van der Waals surface area contributed by atoms with Crippen molar-refractivity contribution in [3.8, 4) is 0 Å². The van der Waals surface area contributed by atoms with Gasteiger partial charge in [-0.05, 0) is 19.4 Å². The standard InChI is InChI=1S/C14H28N2O3/c1-3-5-7-10-16(11-8-14(18)19)12-13(17)15-9-6-4-2/h3-12H2,1-2H3,(H,15,17)(H,18,19). The predicted molar refractivity (Wildman–Crippen MR) is 76.1 cm³/mol. The van der Waals surface area contributed by atoms with Crippen LogP contribution in [0, 0.1) is 0 Å². The molecule has 1 amide bonds. The van der Waals surface area contributed by atoms with Crippen molar-refractivity contribution in [2.45, 2.75) is 52.4 Å². The lowest BCUT2D eigenvalue weighted by atomic mass is 10.2. The van der Waals surface area contributed by atoms with Gasteiger partial charge in [-0.1, -0.05) is 33.1 Å². The zero-order valence-corrected chi connectivity index (χ0v) is 12.3.